The molecular formula is C36H48N4O4. The van der Waals surface area contributed by atoms with Gasteiger partial charge < -0.3 is 19.4 Å². The molecule has 0 saturated carbocycles. The molecule has 3 aromatic carbocycles. The van der Waals surface area contributed by atoms with Gasteiger partial charge in [-0.25, -0.2) is 4.79 Å². The average molecular weight is 601 g/mol. The van der Waals surface area contributed by atoms with Gasteiger partial charge in [0.1, 0.15) is 12.1 Å². The molecule has 8 nitrogen and oxygen atoms in total. The molecule has 0 aliphatic carbocycles. The van der Waals surface area contributed by atoms with Crippen molar-refractivity contribution in [2.24, 2.45) is 5.92 Å². The molecule has 44 heavy (non-hydrogen) atoms. The van der Waals surface area contributed by atoms with Crippen molar-refractivity contribution >= 4 is 28.7 Å². The Balaban J connectivity index is 1.62. The molecule has 1 aliphatic rings. The predicted octanol–water partition coefficient (Wildman–Crippen LogP) is 5.10. The molecule has 0 spiro atoms. The van der Waals surface area contributed by atoms with Crippen LogP contribution in [0.2, 0.25) is 0 Å². The average Bonchev–Trinajstić information content (AvgIpc) is 3.01. The number of fused-ring (bicyclic) bond motifs is 1. The van der Waals surface area contributed by atoms with Crippen molar-refractivity contribution in [2.75, 3.05) is 47.8 Å². The van der Waals surface area contributed by atoms with Crippen molar-refractivity contribution < 1.29 is 19.1 Å². The monoisotopic (exact) mass is 600 g/mol. The first kappa shape index (κ1) is 33.0. The highest BCUT2D eigenvalue weighted by atomic mass is 16.6. The molecule has 1 fully saturated rings. The van der Waals surface area contributed by atoms with Gasteiger partial charge in [0.2, 0.25) is 11.8 Å². The molecule has 3 amide bonds. The van der Waals surface area contributed by atoms with Gasteiger partial charge in [0.15, 0.2) is 0 Å². The highest BCUT2D eigenvalue weighted by Crippen LogP contribution is 2.23. The minimum absolute atomic E-state index is 0.0510. The van der Waals surface area contributed by atoms with Crippen LogP contribution in [-0.2, 0) is 27.2 Å². The standard InChI is InChI=1S/C36H48N4O4/c1-26(2)44-36(43)39(6)32(24-29-16-17-30-14-10-11-15-31(30)22-29)34(41)38(5)33(23-27-12-8-7-9-13-27)35(42)40-20-18-28(19-21-40)25-37(3)4/h7-17,22,26,28,32-33H,18-21,23-25H2,1-6H3/t32-,33-/m1/s1. The molecule has 1 saturated heterocycles. The van der Waals surface area contributed by atoms with E-state index in [4.69, 9.17) is 4.74 Å². The fraction of sp³-hybridized carbons (Fsp3) is 0.472. The maximum atomic E-state index is 14.4. The van der Waals surface area contributed by atoms with Crippen molar-refractivity contribution in [1.29, 1.82) is 0 Å². The summed E-state index contributed by atoms with van der Waals surface area (Å²) in [5.41, 5.74) is 1.90. The number of piperidine rings is 1. The zero-order valence-corrected chi connectivity index (χ0v) is 27.1. The van der Waals surface area contributed by atoms with Crippen LogP contribution < -0.4 is 0 Å². The second-order valence-corrected chi connectivity index (χ2v) is 12.6. The maximum Gasteiger partial charge on any atom is 0.410 e. The van der Waals surface area contributed by atoms with Crippen molar-refractivity contribution in [3.63, 3.8) is 0 Å². The Morgan fingerprint density at radius 1 is 0.773 bits per heavy atom. The SMILES string of the molecule is CC(C)OC(=O)N(C)[C@H](Cc1ccc2ccccc2c1)C(=O)N(C)[C@H](Cc1ccccc1)C(=O)N1CCC(CN(C)C)CC1. The first-order chi connectivity index (χ1) is 21.0. The smallest absolute Gasteiger partial charge is 0.410 e. The van der Waals surface area contributed by atoms with Gasteiger partial charge in [-0.3, -0.25) is 14.5 Å². The van der Waals surface area contributed by atoms with E-state index >= 15 is 0 Å². The molecule has 1 heterocycles. The second-order valence-electron chi connectivity index (χ2n) is 12.6. The molecule has 4 rings (SSSR count). The number of benzene rings is 3. The molecule has 8 heteroatoms. The van der Waals surface area contributed by atoms with E-state index in [0.29, 0.717) is 31.8 Å². The van der Waals surface area contributed by atoms with E-state index in [9.17, 15) is 14.4 Å². The normalized spacial score (nSPS) is 15.3. The predicted molar refractivity (Wildman–Crippen MR) is 175 cm³/mol. The van der Waals surface area contributed by atoms with Crippen LogP contribution in [0.25, 0.3) is 10.8 Å². The third kappa shape index (κ3) is 8.59. The van der Waals surface area contributed by atoms with Crippen LogP contribution in [0, 0.1) is 5.92 Å². The molecule has 0 aromatic heterocycles. The van der Waals surface area contributed by atoms with Gasteiger partial charge in [-0.1, -0.05) is 72.8 Å². The molecule has 2 atom stereocenters. The summed E-state index contributed by atoms with van der Waals surface area (Å²) in [6.45, 7) is 5.92. The molecule has 0 unspecified atom stereocenters. The van der Waals surface area contributed by atoms with Gasteiger partial charge in [-0.05, 0) is 68.6 Å². The number of carbonyl (C=O) groups is 3. The number of likely N-dealkylation sites (tertiary alicyclic amines) is 1. The zero-order chi connectivity index (χ0) is 31.8. The van der Waals surface area contributed by atoms with Crippen molar-refractivity contribution in [3.05, 3.63) is 83.9 Å². The van der Waals surface area contributed by atoms with Crippen molar-refractivity contribution in [3.8, 4) is 0 Å². The van der Waals surface area contributed by atoms with Gasteiger partial charge in [0, 0.05) is 46.6 Å². The van der Waals surface area contributed by atoms with Crippen LogP contribution in [0.5, 0.6) is 0 Å². The largest absolute Gasteiger partial charge is 0.447 e. The summed E-state index contributed by atoms with van der Waals surface area (Å²) in [6, 6.07) is 22.4. The van der Waals surface area contributed by atoms with Crippen LogP contribution in [-0.4, -0.2) is 104 Å². The molecule has 0 N–H and O–H groups in total. The lowest BCUT2D eigenvalue weighted by Crippen LogP contribution is -2.57. The third-order valence-electron chi connectivity index (χ3n) is 8.54. The molecule has 1 aliphatic heterocycles. The van der Waals surface area contributed by atoms with E-state index in [1.54, 1.807) is 32.8 Å². The van der Waals surface area contributed by atoms with Crippen LogP contribution in [0.3, 0.4) is 0 Å². The summed E-state index contributed by atoms with van der Waals surface area (Å²) >= 11 is 0. The van der Waals surface area contributed by atoms with Gasteiger partial charge in [-0.2, -0.15) is 0 Å². The molecule has 0 radical (unpaired) electrons. The number of carbonyl (C=O) groups excluding carboxylic acids is 3. The summed E-state index contributed by atoms with van der Waals surface area (Å²) in [6.07, 6.45) is 1.66. The van der Waals surface area contributed by atoms with E-state index in [1.165, 1.54) is 4.90 Å². The van der Waals surface area contributed by atoms with E-state index in [1.807, 2.05) is 71.6 Å². The van der Waals surface area contributed by atoms with Gasteiger partial charge in [0.05, 0.1) is 6.10 Å². The summed E-state index contributed by atoms with van der Waals surface area (Å²) < 4.78 is 5.50. The Morgan fingerprint density at radius 3 is 2.02 bits per heavy atom. The molecular weight excluding hydrogens is 552 g/mol. The van der Waals surface area contributed by atoms with E-state index < -0.39 is 18.2 Å². The number of ether oxygens (including phenoxy) is 1. The quantitative estimate of drug-likeness (QED) is 0.306. The summed E-state index contributed by atoms with van der Waals surface area (Å²) in [5.74, 6) is 0.205. The van der Waals surface area contributed by atoms with E-state index in [0.717, 1.165) is 41.3 Å². The van der Waals surface area contributed by atoms with Gasteiger partial charge in [0.25, 0.3) is 0 Å². The first-order valence-corrected chi connectivity index (χ1v) is 15.7. The number of likely N-dealkylation sites (N-methyl/N-ethyl adjacent to an activating group) is 2. The zero-order valence-electron chi connectivity index (χ0n) is 27.1. The summed E-state index contributed by atoms with van der Waals surface area (Å²) in [7, 11) is 7.46. The highest BCUT2D eigenvalue weighted by molar-refractivity contribution is 5.92. The van der Waals surface area contributed by atoms with Crippen LogP contribution in [0.1, 0.15) is 37.8 Å². The molecule has 236 valence electrons. The fourth-order valence-corrected chi connectivity index (χ4v) is 6.07. The lowest BCUT2D eigenvalue weighted by atomic mass is 9.94. The van der Waals surface area contributed by atoms with Crippen LogP contribution >= 0.6 is 0 Å². The van der Waals surface area contributed by atoms with E-state index in [2.05, 4.69) is 25.1 Å². The Morgan fingerprint density at radius 2 is 1.39 bits per heavy atom. The van der Waals surface area contributed by atoms with Crippen molar-refractivity contribution in [1.82, 2.24) is 19.6 Å². The lowest BCUT2D eigenvalue weighted by molar-refractivity contribution is -0.147. The third-order valence-corrected chi connectivity index (χ3v) is 8.54. The highest BCUT2D eigenvalue weighted by Gasteiger charge is 2.38. The first-order valence-electron chi connectivity index (χ1n) is 15.7. The van der Waals surface area contributed by atoms with E-state index in [-0.39, 0.29) is 17.9 Å². The minimum atomic E-state index is -0.857. The molecule has 0 bridgehead atoms. The Kier molecular flexibility index (Phi) is 11.4. The second kappa shape index (κ2) is 15.2. The Hall–Kier alpha value is -3.91. The lowest BCUT2D eigenvalue weighted by Gasteiger charge is -2.39. The topological polar surface area (TPSA) is 73.4 Å². The maximum absolute atomic E-state index is 14.4. The number of amides is 3. The van der Waals surface area contributed by atoms with Crippen LogP contribution in [0.4, 0.5) is 4.79 Å². The number of nitrogens with zero attached hydrogens (tertiary/aromatic N) is 4. The van der Waals surface area contributed by atoms with Gasteiger partial charge in [-0.15, -0.1) is 0 Å². The summed E-state index contributed by atoms with van der Waals surface area (Å²) in [5, 5.41) is 2.17. The Labute approximate surface area is 262 Å². The van der Waals surface area contributed by atoms with Crippen LogP contribution in [0.15, 0.2) is 72.8 Å². The fourth-order valence-electron chi connectivity index (χ4n) is 6.07. The molecule has 3 aromatic rings. The summed E-state index contributed by atoms with van der Waals surface area (Å²) in [4.78, 5) is 48.8. The van der Waals surface area contributed by atoms with Crippen molar-refractivity contribution in [2.45, 2.75) is 57.7 Å². The number of rotatable bonds is 11. The van der Waals surface area contributed by atoms with Gasteiger partial charge >= 0.3 is 6.09 Å². The number of hydrogen-bond acceptors (Lipinski definition) is 5. The number of hydrogen-bond donors (Lipinski definition) is 0. The minimum Gasteiger partial charge on any atom is -0.447 e. The Bertz CT molecular complexity index is 1400.